The number of aryl methyl sites for hydroxylation is 1. The molecule has 0 radical (unpaired) electrons. The van der Waals surface area contributed by atoms with Crippen LogP contribution in [0, 0.1) is 18.3 Å². The van der Waals surface area contributed by atoms with E-state index in [2.05, 4.69) is 18.3 Å². The van der Waals surface area contributed by atoms with E-state index in [-0.39, 0.29) is 5.92 Å². The second-order valence-corrected chi connectivity index (χ2v) is 6.05. The first-order chi connectivity index (χ1) is 9.14. The summed E-state index contributed by atoms with van der Waals surface area (Å²) in [5.41, 5.74) is 2.53. The third-order valence-electron chi connectivity index (χ3n) is 4.89. The number of amides is 1. The van der Waals surface area contributed by atoms with Crippen molar-refractivity contribution < 1.29 is 4.79 Å². The average Bonchev–Trinajstić information content (AvgIpc) is 3.12. The second-order valence-electron chi connectivity index (χ2n) is 6.05. The van der Waals surface area contributed by atoms with E-state index in [4.69, 9.17) is 0 Å². The number of hydrogen-bond acceptors (Lipinski definition) is 2. The predicted molar refractivity (Wildman–Crippen MR) is 77.2 cm³/mol. The van der Waals surface area contributed by atoms with Gasteiger partial charge in [0.15, 0.2) is 0 Å². The lowest BCUT2D eigenvalue weighted by Crippen LogP contribution is -2.34. The van der Waals surface area contributed by atoms with Crippen molar-refractivity contribution >= 4 is 11.6 Å². The summed E-state index contributed by atoms with van der Waals surface area (Å²) < 4.78 is 0. The van der Waals surface area contributed by atoms with Crippen LogP contribution in [-0.4, -0.2) is 26.0 Å². The van der Waals surface area contributed by atoms with Crippen LogP contribution in [0.2, 0.25) is 0 Å². The topological polar surface area (TPSA) is 32.3 Å². The highest BCUT2D eigenvalue weighted by atomic mass is 16.2. The quantitative estimate of drug-likeness (QED) is 0.883. The fourth-order valence-corrected chi connectivity index (χ4v) is 3.47. The van der Waals surface area contributed by atoms with Crippen LogP contribution >= 0.6 is 0 Å². The molecule has 102 valence electrons. The Bertz CT molecular complexity index is 491. The summed E-state index contributed by atoms with van der Waals surface area (Å²) >= 11 is 0. The molecule has 1 aliphatic carbocycles. The van der Waals surface area contributed by atoms with E-state index in [1.54, 1.807) is 0 Å². The molecule has 0 bridgehead atoms. The van der Waals surface area contributed by atoms with E-state index in [0.29, 0.717) is 11.3 Å². The molecule has 1 spiro atoms. The lowest BCUT2D eigenvalue weighted by molar-refractivity contribution is -0.120. The van der Waals surface area contributed by atoms with Crippen molar-refractivity contribution in [2.45, 2.75) is 26.2 Å². The molecule has 1 saturated heterocycles. The highest BCUT2D eigenvalue weighted by Crippen LogP contribution is 2.59. The van der Waals surface area contributed by atoms with Crippen molar-refractivity contribution in [2.75, 3.05) is 25.0 Å². The largest absolute Gasteiger partial charge is 0.317 e. The van der Waals surface area contributed by atoms with E-state index in [9.17, 15) is 4.79 Å². The Morgan fingerprint density at radius 1 is 1.32 bits per heavy atom. The van der Waals surface area contributed by atoms with Crippen molar-refractivity contribution in [3.8, 4) is 0 Å². The lowest BCUT2D eigenvalue weighted by Gasteiger charge is -2.25. The summed E-state index contributed by atoms with van der Waals surface area (Å²) in [6.45, 7) is 4.20. The zero-order chi connectivity index (χ0) is 13.5. The standard InChI is InChI=1S/C16H22N2O/c1-12-5-3-4-6-14(12)18(2)15(19)13-11-16(13)7-9-17-10-8-16/h3-6,13,17H,7-11H2,1-2H3. The van der Waals surface area contributed by atoms with Crippen molar-refractivity contribution in [3.63, 3.8) is 0 Å². The second kappa shape index (κ2) is 4.64. The molecule has 1 atom stereocenters. The van der Waals surface area contributed by atoms with Gasteiger partial charge in [-0.3, -0.25) is 4.79 Å². The molecule has 1 unspecified atom stereocenters. The van der Waals surface area contributed by atoms with Gasteiger partial charge in [-0.2, -0.15) is 0 Å². The normalized spacial score (nSPS) is 24.2. The summed E-state index contributed by atoms with van der Waals surface area (Å²) in [5, 5.41) is 3.38. The fraction of sp³-hybridized carbons (Fsp3) is 0.562. The van der Waals surface area contributed by atoms with Crippen LogP contribution in [0.3, 0.4) is 0 Å². The molecule has 1 saturated carbocycles. The smallest absolute Gasteiger partial charge is 0.230 e. The molecule has 19 heavy (non-hydrogen) atoms. The van der Waals surface area contributed by atoms with E-state index in [1.807, 2.05) is 30.1 Å². The summed E-state index contributed by atoms with van der Waals surface area (Å²) in [6, 6.07) is 8.11. The van der Waals surface area contributed by atoms with Gasteiger partial charge in [0.05, 0.1) is 0 Å². The van der Waals surface area contributed by atoms with E-state index >= 15 is 0 Å². The Balaban J connectivity index is 1.73. The molecule has 3 nitrogen and oxygen atoms in total. The van der Waals surface area contributed by atoms with Gasteiger partial charge in [0.25, 0.3) is 0 Å². The number of carbonyl (C=O) groups excluding carboxylic acids is 1. The molecule has 1 aromatic carbocycles. The zero-order valence-corrected chi connectivity index (χ0v) is 11.8. The minimum Gasteiger partial charge on any atom is -0.317 e. The van der Waals surface area contributed by atoms with Crippen LogP contribution in [-0.2, 0) is 4.79 Å². The summed E-state index contributed by atoms with van der Waals surface area (Å²) in [6.07, 6.45) is 3.40. The average molecular weight is 258 g/mol. The number of anilines is 1. The minimum atomic E-state index is 0.249. The molecular formula is C16H22N2O. The van der Waals surface area contributed by atoms with Crippen molar-refractivity contribution in [3.05, 3.63) is 29.8 Å². The van der Waals surface area contributed by atoms with E-state index in [1.165, 1.54) is 5.56 Å². The first-order valence-electron chi connectivity index (χ1n) is 7.18. The Labute approximate surface area is 115 Å². The maximum atomic E-state index is 12.6. The maximum absolute atomic E-state index is 12.6. The van der Waals surface area contributed by atoms with Crippen LogP contribution in [0.5, 0.6) is 0 Å². The molecule has 3 heteroatoms. The van der Waals surface area contributed by atoms with E-state index < -0.39 is 0 Å². The molecule has 1 heterocycles. The van der Waals surface area contributed by atoms with Gasteiger partial charge in [0.2, 0.25) is 5.91 Å². The summed E-state index contributed by atoms with van der Waals surface area (Å²) in [7, 11) is 1.91. The number of carbonyl (C=O) groups is 1. The van der Waals surface area contributed by atoms with E-state index in [0.717, 1.165) is 38.0 Å². The van der Waals surface area contributed by atoms with Crippen LogP contribution in [0.4, 0.5) is 5.69 Å². The number of nitrogens with zero attached hydrogens (tertiary/aromatic N) is 1. The van der Waals surface area contributed by atoms with Gasteiger partial charge >= 0.3 is 0 Å². The zero-order valence-electron chi connectivity index (χ0n) is 11.8. The Hall–Kier alpha value is -1.35. The molecule has 1 N–H and O–H groups in total. The van der Waals surface area contributed by atoms with Gasteiger partial charge in [0, 0.05) is 18.7 Å². The number of benzene rings is 1. The first-order valence-corrected chi connectivity index (χ1v) is 7.18. The Morgan fingerprint density at radius 3 is 2.68 bits per heavy atom. The van der Waals surface area contributed by atoms with Gasteiger partial charge in [0.1, 0.15) is 0 Å². The van der Waals surface area contributed by atoms with Crippen LogP contribution in [0.1, 0.15) is 24.8 Å². The Kier molecular flexibility index (Phi) is 3.09. The third kappa shape index (κ3) is 2.16. The third-order valence-corrected chi connectivity index (χ3v) is 4.89. The van der Waals surface area contributed by atoms with Crippen LogP contribution < -0.4 is 10.2 Å². The van der Waals surface area contributed by atoms with Gasteiger partial charge in [-0.25, -0.2) is 0 Å². The Morgan fingerprint density at radius 2 is 2.00 bits per heavy atom. The van der Waals surface area contributed by atoms with Crippen molar-refractivity contribution in [2.24, 2.45) is 11.3 Å². The molecule has 2 aliphatic rings. The molecular weight excluding hydrogens is 236 g/mol. The summed E-state index contributed by atoms with van der Waals surface area (Å²) in [5.74, 6) is 0.551. The highest BCUT2D eigenvalue weighted by molar-refractivity contribution is 5.97. The predicted octanol–water partition coefficient (Wildman–Crippen LogP) is 2.35. The number of rotatable bonds is 2. The van der Waals surface area contributed by atoms with Crippen LogP contribution in [0.15, 0.2) is 24.3 Å². The molecule has 1 aromatic rings. The molecule has 0 aromatic heterocycles. The SMILES string of the molecule is Cc1ccccc1N(C)C(=O)C1CC12CCNCC2. The molecule has 3 rings (SSSR count). The number of para-hydroxylation sites is 1. The van der Waals surface area contributed by atoms with Crippen LogP contribution in [0.25, 0.3) is 0 Å². The maximum Gasteiger partial charge on any atom is 0.230 e. The fourth-order valence-electron chi connectivity index (χ4n) is 3.47. The molecule has 1 amide bonds. The van der Waals surface area contributed by atoms with Gasteiger partial charge in [-0.15, -0.1) is 0 Å². The van der Waals surface area contributed by atoms with Crippen molar-refractivity contribution in [1.82, 2.24) is 5.32 Å². The first kappa shape index (κ1) is 12.7. The van der Waals surface area contributed by atoms with Crippen molar-refractivity contribution in [1.29, 1.82) is 0 Å². The lowest BCUT2D eigenvalue weighted by atomic mass is 9.91. The number of hydrogen-bond donors (Lipinski definition) is 1. The monoisotopic (exact) mass is 258 g/mol. The van der Waals surface area contributed by atoms with Gasteiger partial charge in [-0.1, -0.05) is 18.2 Å². The minimum absolute atomic E-state index is 0.249. The highest BCUT2D eigenvalue weighted by Gasteiger charge is 2.58. The molecule has 1 aliphatic heterocycles. The number of nitrogens with one attached hydrogen (secondary N) is 1. The molecule has 2 fully saturated rings. The van der Waals surface area contributed by atoms with Gasteiger partial charge in [-0.05, 0) is 56.3 Å². The van der Waals surface area contributed by atoms with Gasteiger partial charge < -0.3 is 10.2 Å². The number of piperidine rings is 1. The summed E-state index contributed by atoms with van der Waals surface area (Å²) in [4.78, 5) is 14.5.